The number of carbonyl (C=O) groups is 1. The summed E-state index contributed by atoms with van der Waals surface area (Å²) in [6, 6.07) is 8.19. The fourth-order valence-electron chi connectivity index (χ4n) is 3.84. The van der Waals surface area contributed by atoms with E-state index >= 15 is 0 Å². The van der Waals surface area contributed by atoms with Crippen molar-refractivity contribution >= 4 is 5.91 Å². The molecule has 0 aliphatic carbocycles. The molecule has 1 amide bonds. The van der Waals surface area contributed by atoms with Crippen molar-refractivity contribution in [1.29, 1.82) is 0 Å². The van der Waals surface area contributed by atoms with E-state index in [2.05, 4.69) is 27.7 Å². The molecule has 0 aromatic heterocycles. The van der Waals surface area contributed by atoms with Crippen LogP contribution in [0.2, 0.25) is 0 Å². The van der Waals surface area contributed by atoms with Crippen LogP contribution in [0.25, 0.3) is 0 Å². The first-order valence-corrected chi connectivity index (χ1v) is 9.64. The number of benzene rings is 1. The minimum atomic E-state index is 0.0711. The van der Waals surface area contributed by atoms with Crippen molar-refractivity contribution in [2.24, 2.45) is 0 Å². The first kappa shape index (κ1) is 17.4. The second kappa shape index (κ2) is 9.19. The van der Waals surface area contributed by atoms with Gasteiger partial charge in [-0.3, -0.25) is 4.79 Å². The van der Waals surface area contributed by atoms with Gasteiger partial charge in [-0.2, -0.15) is 0 Å². The highest BCUT2D eigenvalue weighted by molar-refractivity contribution is 5.94. The molecule has 3 rings (SSSR count). The van der Waals surface area contributed by atoms with E-state index in [9.17, 15) is 4.79 Å². The van der Waals surface area contributed by atoms with Gasteiger partial charge in [0.2, 0.25) is 0 Å². The van der Waals surface area contributed by atoms with Gasteiger partial charge >= 0.3 is 0 Å². The van der Waals surface area contributed by atoms with Gasteiger partial charge in [0.15, 0.2) is 0 Å². The van der Waals surface area contributed by atoms with E-state index < -0.39 is 0 Å². The molecule has 0 unspecified atom stereocenters. The Balaban J connectivity index is 1.41. The Hall–Kier alpha value is -1.39. The average molecular weight is 329 g/mol. The summed E-state index contributed by atoms with van der Waals surface area (Å²) in [5.74, 6) is 0.619. The van der Waals surface area contributed by atoms with Crippen LogP contribution in [0, 0.1) is 0 Å². The second-order valence-corrected chi connectivity index (χ2v) is 7.18. The smallest absolute Gasteiger partial charge is 0.251 e. The summed E-state index contributed by atoms with van der Waals surface area (Å²) in [6.07, 6.45) is 7.38. The van der Waals surface area contributed by atoms with Crippen molar-refractivity contribution in [3.05, 3.63) is 35.4 Å². The van der Waals surface area contributed by atoms with Crippen LogP contribution in [0.5, 0.6) is 0 Å². The Morgan fingerprint density at radius 2 is 2.08 bits per heavy atom. The van der Waals surface area contributed by atoms with Crippen LogP contribution >= 0.6 is 0 Å². The Kier molecular flexibility index (Phi) is 6.67. The Bertz CT molecular complexity index is 519. The standard InChI is InChI=1S/C20H31N3O/c24-20(22-11-1-2-12-23-13-3-4-14-23)18-8-5-7-17(15-18)19-9-6-10-21-16-19/h5,7-8,15,19,21H,1-4,6,9-14,16H2,(H,22,24)/t19-/m0/s1. The third-order valence-electron chi connectivity index (χ3n) is 5.30. The summed E-state index contributed by atoms with van der Waals surface area (Å²) < 4.78 is 0. The van der Waals surface area contributed by atoms with Crippen molar-refractivity contribution < 1.29 is 4.79 Å². The molecule has 4 nitrogen and oxygen atoms in total. The molecule has 2 fully saturated rings. The van der Waals surface area contributed by atoms with Crippen LogP contribution in [-0.2, 0) is 0 Å². The van der Waals surface area contributed by atoms with E-state index in [1.54, 1.807) is 0 Å². The number of likely N-dealkylation sites (tertiary alicyclic amines) is 1. The predicted molar refractivity (Wildman–Crippen MR) is 98.5 cm³/mol. The zero-order valence-corrected chi connectivity index (χ0v) is 14.7. The SMILES string of the molecule is O=C(NCCCCN1CCCC1)c1cccc([C@H]2CCCNC2)c1. The van der Waals surface area contributed by atoms with Crippen LogP contribution < -0.4 is 10.6 Å². The maximum atomic E-state index is 12.4. The minimum absolute atomic E-state index is 0.0711. The predicted octanol–water partition coefficient (Wildman–Crippen LogP) is 2.76. The molecule has 132 valence electrons. The molecule has 1 atom stereocenters. The molecule has 24 heavy (non-hydrogen) atoms. The molecule has 1 aromatic carbocycles. The van der Waals surface area contributed by atoms with Gasteiger partial charge in [0.1, 0.15) is 0 Å². The number of amides is 1. The number of carbonyl (C=O) groups excluding carboxylic acids is 1. The van der Waals surface area contributed by atoms with E-state index in [-0.39, 0.29) is 5.91 Å². The molecule has 0 saturated carbocycles. The largest absolute Gasteiger partial charge is 0.352 e. The Morgan fingerprint density at radius 3 is 2.88 bits per heavy atom. The highest BCUT2D eigenvalue weighted by Crippen LogP contribution is 2.23. The highest BCUT2D eigenvalue weighted by atomic mass is 16.1. The summed E-state index contributed by atoms with van der Waals surface area (Å²) >= 11 is 0. The summed E-state index contributed by atoms with van der Waals surface area (Å²) in [5.41, 5.74) is 2.10. The zero-order valence-electron chi connectivity index (χ0n) is 14.7. The molecule has 0 bridgehead atoms. The lowest BCUT2D eigenvalue weighted by Gasteiger charge is -2.23. The summed E-state index contributed by atoms with van der Waals surface area (Å²) in [7, 11) is 0. The number of nitrogens with zero attached hydrogens (tertiary/aromatic N) is 1. The van der Waals surface area contributed by atoms with E-state index in [1.165, 1.54) is 57.3 Å². The fourth-order valence-corrected chi connectivity index (χ4v) is 3.84. The van der Waals surface area contributed by atoms with Gasteiger partial charge in [0.25, 0.3) is 5.91 Å². The fraction of sp³-hybridized carbons (Fsp3) is 0.650. The lowest BCUT2D eigenvalue weighted by molar-refractivity contribution is 0.0952. The van der Waals surface area contributed by atoms with Gasteiger partial charge in [-0.15, -0.1) is 0 Å². The van der Waals surface area contributed by atoms with Crippen LogP contribution in [0.15, 0.2) is 24.3 Å². The van der Waals surface area contributed by atoms with Crippen molar-refractivity contribution in [2.75, 3.05) is 39.3 Å². The molecule has 2 aliphatic rings. The molecule has 2 N–H and O–H groups in total. The molecule has 2 aliphatic heterocycles. The summed E-state index contributed by atoms with van der Waals surface area (Å²) in [4.78, 5) is 14.9. The number of nitrogens with one attached hydrogen (secondary N) is 2. The highest BCUT2D eigenvalue weighted by Gasteiger charge is 2.16. The lowest BCUT2D eigenvalue weighted by Crippen LogP contribution is -2.29. The molecule has 4 heteroatoms. The molecule has 2 saturated heterocycles. The van der Waals surface area contributed by atoms with Gasteiger partial charge in [-0.25, -0.2) is 0 Å². The quantitative estimate of drug-likeness (QED) is 0.756. The van der Waals surface area contributed by atoms with Crippen LogP contribution in [0.1, 0.15) is 60.4 Å². The average Bonchev–Trinajstić information content (AvgIpc) is 3.15. The van der Waals surface area contributed by atoms with Crippen LogP contribution in [0.4, 0.5) is 0 Å². The third-order valence-corrected chi connectivity index (χ3v) is 5.30. The summed E-state index contributed by atoms with van der Waals surface area (Å²) in [6.45, 7) is 6.63. The lowest BCUT2D eigenvalue weighted by atomic mass is 9.90. The Morgan fingerprint density at radius 1 is 1.21 bits per heavy atom. The second-order valence-electron chi connectivity index (χ2n) is 7.18. The third kappa shape index (κ3) is 5.05. The first-order chi connectivity index (χ1) is 11.8. The van der Waals surface area contributed by atoms with Crippen molar-refractivity contribution in [2.45, 2.75) is 44.4 Å². The topological polar surface area (TPSA) is 44.4 Å². The molecular formula is C20H31N3O. The van der Waals surface area contributed by atoms with Crippen molar-refractivity contribution in [1.82, 2.24) is 15.5 Å². The molecule has 2 heterocycles. The van der Waals surface area contributed by atoms with Gasteiger partial charge in [-0.05, 0) is 88.3 Å². The van der Waals surface area contributed by atoms with Gasteiger partial charge < -0.3 is 15.5 Å². The van der Waals surface area contributed by atoms with Gasteiger partial charge in [0, 0.05) is 18.7 Å². The first-order valence-electron chi connectivity index (χ1n) is 9.64. The normalized spacial score (nSPS) is 21.8. The molecule has 0 radical (unpaired) electrons. The number of unbranched alkanes of at least 4 members (excludes halogenated alkanes) is 1. The van der Waals surface area contributed by atoms with E-state index in [0.717, 1.165) is 31.6 Å². The van der Waals surface area contributed by atoms with Crippen molar-refractivity contribution in [3.63, 3.8) is 0 Å². The zero-order chi connectivity index (χ0) is 16.6. The monoisotopic (exact) mass is 329 g/mol. The van der Waals surface area contributed by atoms with E-state index in [0.29, 0.717) is 5.92 Å². The maximum Gasteiger partial charge on any atom is 0.251 e. The number of piperidine rings is 1. The minimum Gasteiger partial charge on any atom is -0.352 e. The number of hydrogen-bond donors (Lipinski definition) is 2. The van der Waals surface area contributed by atoms with E-state index in [1.807, 2.05) is 12.1 Å². The molecule has 1 aromatic rings. The van der Waals surface area contributed by atoms with Gasteiger partial charge in [0.05, 0.1) is 0 Å². The number of rotatable bonds is 7. The van der Waals surface area contributed by atoms with Crippen molar-refractivity contribution in [3.8, 4) is 0 Å². The van der Waals surface area contributed by atoms with Gasteiger partial charge in [-0.1, -0.05) is 12.1 Å². The maximum absolute atomic E-state index is 12.4. The molecular weight excluding hydrogens is 298 g/mol. The van der Waals surface area contributed by atoms with Crippen LogP contribution in [0.3, 0.4) is 0 Å². The van der Waals surface area contributed by atoms with Crippen LogP contribution in [-0.4, -0.2) is 50.1 Å². The Labute approximate surface area is 146 Å². The molecule has 0 spiro atoms. The summed E-state index contributed by atoms with van der Waals surface area (Å²) in [5, 5.41) is 6.53. The number of hydrogen-bond acceptors (Lipinski definition) is 3. The van der Waals surface area contributed by atoms with E-state index in [4.69, 9.17) is 0 Å².